The van der Waals surface area contributed by atoms with Crippen molar-refractivity contribution < 1.29 is 4.79 Å². The first kappa shape index (κ1) is 13.3. The molecule has 1 amide bonds. The standard InChI is InChI=1S/C11H13ClN2O.ClH/c1-7-6-8(12)2-3-9(7)14-11(15)10-4-5-13-10;/h2-3,6,10,13H,4-5H2,1H3,(H,14,15);1H/t10-;/m1./s1. The van der Waals surface area contributed by atoms with Crippen molar-refractivity contribution in [2.75, 3.05) is 11.9 Å². The third-order valence-corrected chi connectivity index (χ3v) is 2.82. The van der Waals surface area contributed by atoms with Crippen LogP contribution < -0.4 is 10.6 Å². The maximum Gasteiger partial charge on any atom is 0.241 e. The molecule has 0 bridgehead atoms. The van der Waals surface area contributed by atoms with Crippen molar-refractivity contribution >= 4 is 35.6 Å². The van der Waals surface area contributed by atoms with E-state index in [-0.39, 0.29) is 24.4 Å². The summed E-state index contributed by atoms with van der Waals surface area (Å²) in [6.45, 7) is 2.85. The van der Waals surface area contributed by atoms with Gasteiger partial charge < -0.3 is 10.6 Å². The third-order valence-electron chi connectivity index (χ3n) is 2.59. The molecule has 2 N–H and O–H groups in total. The Balaban J connectivity index is 0.00000128. The van der Waals surface area contributed by atoms with Gasteiger partial charge in [-0.1, -0.05) is 11.6 Å². The van der Waals surface area contributed by atoms with E-state index in [1.807, 2.05) is 19.1 Å². The molecule has 1 aliphatic heterocycles. The Hall–Kier alpha value is -0.770. The molecule has 0 unspecified atom stereocenters. The molecule has 1 aromatic rings. The highest BCUT2D eigenvalue weighted by molar-refractivity contribution is 6.30. The lowest BCUT2D eigenvalue weighted by Gasteiger charge is -2.26. The highest BCUT2D eigenvalue weighted by Gasteiger charge is 2.24. The van der Waals surface area contributed by atoms with Gasteiger partial charge in [0.2, 0.25) is 5.91 Å². The zero-order chi connectivity index (χ0) is 10.8. The monoisotopic (exact) mass is 260 g/mol. The van der Waals surface area contributed by atoms with Crippen LogP contribution in [0.15, 0.2) is 18.2 Å². The van der Waals surface area contributed by atoms with E-state index < -0.39 is 0 Å². The molecule has 3 nitrogen and oxygen atoms in total. The summed E-state index contributed by atoms with van der Waals surface area (Å²) in [5.74, 6) is 0.0340. The van der Waals surface area contributed by atoms with Crippen molar-refractivity contribution in [1.82, 2.24) is 5.32 Å². The number of halogens is 2. The molecule has 0 spiro atoms. The number of anilines is 1. The fraction of sp³-hybridized carbons (Fsp3) is 0.364. The van der Waals surface area contributed by atoms with Crippen molar-refractivity contribution in [3.8, 4) is 0 Å². The molecular formula is C11H14Cl2N2O. The second-order valence-electron chi connectivity index (χ2n) is 3.74. The molecule has 1 aliphatic rings. The van der Waals surface area contributed by atoms with Gasteiger partial charge in [-0.25, -0.2) is 0 Å². The van der Waals surface area contributed by atoms with Gasteiger partial charge in [-0.3, -0.25) is 4.79 Å². The van der Waals surface area contributed by atoms with E-state index in [4.69, 9.17) is 11.6 Å². The minimum atomic E-state index is -0.0277. The molecule has 0 aliphatic carbocycles. The normalized spacial score (nSPS) is 18.2. The van der Waals surface area contributed by atoms with Gasteiger partial charge >= 0.3 is 0 Å². The molecule has 2 rings (SSSR count). The Morgan fingerprint density at radius 1 is 1.56 bits per heavy atom. The first-order valence-electron chi connectivity index (χ1n) is 4.97. The molecule has 5 heteroatoms. The lowest BCUT2D eigenvalue weighted by molar-refractivity contribution is -0.119. The number of nitrogens with one attached hydrogen (secondary N) is 2. The second-order valence-corrected chi connectivity index (χ2v) is 4.18. The van der Waals surface area contributed by atoms with Gasteiger partial charge in [0.25, 0.3) is 0 Å². The minimum absolute atomic E-state index is 0. The summed E-state index contributed by atoms with van der Waals surface area (Å²) >= 11 is 5.83. The molecule has 1 heterocycles. The number of hydrogen-bond donors (Lipinski definition) is 2. The molecule has 88 valence electrons. The number of rotatable bonds is 2. The summed E-state index contributed by atoms with van der Waals surface area (Å²) < 4.78 is 0. The molecule has 1 fully saturated rings. The fourth-order valence-corrected chi connectivity index (χ4v) is 1.73. The van der Waals surface area contributed by atoms with Crippen LogP contribution in [0.5, 0.6) is 0 Å². The highest BCUT2D eigenvalue weighted by Crippen LogP contribution is 2.20. The average molecular weight is 261 g/mol. The maximum absolute atomic E-state index is 11.6. The predicted molar refractivity (Wildman–Crippen MR) is 68.5 cm³/mol. The number of benzene rings is 1. The van der Waals surface area contributed by atoms with Crippen LogP contribution in [0.4, 0.5) is 5.69 Å². The number of aryl methyl sites for hydroxylation is 1. The highest BCUT2D eigenvalue weighted by atomic mass is 35.5. The molecule has 0 aromatic heterocycles. The number of hydrogen-bond acceptors (Lipinski definition) is 2. The SMILES string of the molecule is Cc1cc(Cl)ccc1NC(=O)[C@H]1CCN1.Cl. The van der Waals surface area contributed by atoms with Gasteiger partial charge in [-0.15, -0.1) is 12.4 Å². The van der Waals surface area contributed by atoms with Crippen molar-refractivity contribution in [3.63, 3.8) is 0 Å². The first-order chi connectivity index (χ1) is 7.16. The molecular weight excluding hydrogens is 247 g/mol. The molecule has 1 aromatic carbocycles. The number of amides is 1. The van der Waals surface area contributed by atoms with Gasteiger partial charge in [-0.05, 0) is 43.7 Å². The lowest BCUT2D eigenvalue weighted by Crippen LogP contribution is -2.50. The van der Waals surface area contributed by atoms with Crippen molar-refractivity contribution in [2.24, 2.45) is 0 Å². The smallest absolute Gasteiger partial charge is 0.241 e. The van der Waals surface area contributed by atoms with Gasteiger partial charge in [0.1, 0.15) is 0 Å². The van der Waals surface area contributed by atoms with E-state index in [0.29, 0.717) is 5.02 Å². The molecule has 1 saturated heterocycles. The van der Waals surface area contributed by atoms with Crippen LogP contribution in [0, 0.1) is 6.92 Å². The van der Waals surface area contributed by atoms with E-state index in [0.717, 1.165) is 24.2 Å². The quantitative estimate of drug-likeness (QED) is 0.858. The van der Waals surface area contributed by atoms with E-state index in [2.05, 4.69) is 10.6 Å². The summed E-state index contributed by atoms with van der Waals surface area (Å²) in [6.07, 6.45) is 0.915. The Bertz CT molecular complexity index is 392. The van der Waals surface area contributed by atoms with Gasteiger partial charge in [-0.2, -0.15) is 0 Å². The molecule has 0 saturated carbocycles. The number of carbonyl (C=O) groups is 1. The minimum Gasteiger partial charge on any atom is -0.324 e. The Labute approximate surface area is 106 Å². The predicted octanol–water partition coefficient (Wildman–Crippen LogP) is 2.37. The topological polar surface area (TPSA) is 41.1 Å². The van der Waals surface area contributed by atoms with Crippen LogP contribution >= 0.6 is 24.0 Å². The second kappa shape index (κ2) is 5.53. The van der Waals surface area contributed by atoms with Crippen LogP contribution in [-0.4, -0.2) is 18.5 Å². The van der Waals surface area contributed by atoms with Gasteiger partial charge in [0.05, 0.1) is 6.04 Å². The van der Waals surface area contributed by atoms with Crippen LogP contribution in [0.3, 0.4) is 0 Å². The van der Waals surface area contributed by atoms with Crippen LogP contribution in [0.1, 0.15) is 12.0 Å². The zero-order valence-electron chi connectivity index (χ0n) is 8.92. The van der Waals surface area contributed by atoms with Crippen LogP contribution in [0.25, 0.3) is 0 Å². The third kappa shape index (κ3) is 2.88. The molecule has 16 heavy (non-hydrogen) atoms. The summed E-state index contributed by atoms with van der Waals surface area (Å²) in [5, 5.41) is 6.62. The summed E-state index contributed by atoms with van der Waals surface area (Å²) in [7, 11) is 0. The summed E-state index contributed by atoms with van der Waals surface area (Å²) in [6, 6.07) is 5.41. The maximum atomic E-state index is 11.6. The molecule has 0 radical (unpaired) electrons. The Kier molecular flexibility index (Phi) is 4.59. The molecule has 1 atom stereocenters. The Morgan fingerprint density at radius 2 is 2.25 bits per heavy atom. The average Bonchev–Trinajstić information content (AvgIpc) is 2.07. The van der Waals surface area contributed by atoms with Gasteiger partial charge in [0.15, 0.2) is 0 Å². The largest absolute Gasteiger partial charge is 0.324 e. The first-order valence-corrected chi connectivity index (χ1v) is 5.35. The van der Waals surface area contributed by atoms with E-state index in [9.17, 15) is 4.79 Å². The fourth-order valence-electron chi connectivity index (χ4n) is 1.50. The van der Waals surface area contributed by atoms with Crippen LogP contribution in [0.2, 0.25) is 5.02 Å². The van der Waals surface area contributed by atoms with E-state index in [1.165, 1.54) is 0 Å². The Morgan fingerprint density at radius 3 is 2.75 bits per heavy atom. The summed E-state index contributed by atoms with van der Waals surface area (Å²) in [5.41, 5.74) is 1.81. The van der Waals surface area contributed by atoms with E-state index in [1.54, 1.807) is 6.07 Å². The van der Waals surface area contributed by atoms with Crippen molar-refractivity contribution in [1.29, 1.82) is 0 Å². The summed E-state index contributed by atoms with van der Waals surface area (Å²) in [4.78, 5) is 11.6. The van der Waals surface area contributed by atoms with Crippen LogP contribution in [-0.2, 0) is 4.79 Å². The van der Waals surface area contributed by atoms with Gasteiger partial charge in [0, 0.05) is 10.7 Å². The van der Waals surface area contributed by atoms with Crippen molar-refractivity contribution in [2.45, 2.75) is 19.4 Å². The lowest BCUT2D eigenvalue weighted by atomic mass is 10.1. The number of carbonyl (C=O) groups excluding carboxylic acids is 1. The zero-order valence-corrected chi connectivity index (χ0v) is 10.5. The van der Waals surface area contributed by atoms with E-state index >= 15 is 0 Å². The van der Waals surface area contributed by atoms with Crippen molar-refractivity contribution in [3.05, 3.63) is 28.8 Å².